The monoisotopic (exact) mass is 352 g/mol. The van der Waals surface area contributed by atoms with E-state index in [1.165, 1.54) is 13.2 Å². The summed E-state index contributed by atoms with van der Waals surface area (Å²) in [6, 6.07) is 4.87. The lowest BCUT2D eigenvalue weighted by molar-refractivity contribution is -0.128. The largest absolute Gasteiger partial charge is 0.494 e. The molecule has 25 heavy (non-hydrogen) atoms. The molecule has 0 heterocycles. The SMILES string of the molecule is CN=C(NCCNC(=O)C(C)(C)C)N(C)Cc1ccc(OC)c(F)c1. The Kier molecular flexibility index (Phi) is 7.67. The normalized spacial score (nSPS) is 11.9. The number of carbonyl (C=O) groups excluding carboxylic acids is 1. The number of halogens is 1. The zero-order chi connectivity index (χ0) is 19.0. The van der Waals surface area contributed by atoms with Crippen LogP contribution in [0.5, 0.6) is 5.75 Å². The highest BCUT2D eigenvalue weighted by Gasteiger charge is 2.20. The molecule has 0 aliphatic carbocycles. The van der Waals surface area contributed by atoms with Crippen LogP contribution in [0.1, 0.15) is 26.3 Å². The van der Waals surface area contributed by atoms with Crippen molar-refractivity contribution in [3.05, 3.63) is 29.6 Å². The van der Waals surface area contributed by atoms with E-state index in [2.05, 4.69) is 15.6 Å². The van der Waals surface area contributed by atoms with E-state index in [0.717, 1.165) is 5.56 Å². The minimum Gasteiger partial charge on any atom is -0.494 e. The first kappa shape index (κ1) is 20.7. The molecule has 1 rings (SSSR count). The van der Waals surface area contributed by atoms with Gasteiger partial charge in [-0.25, -0.2) is 4.39 Å². The van der Waals surface area contributed by atoms with Crippen LogP contribution in [0.3, 0.4) is 0 Å². The molecule has 0 radical (unpaired) electrons. The van der Waals surface area contributed by atoms with Gasteiger partial charge in [0.25, 0.3) is 0 Å². The Labute approximate surface area is 149 Å². The first-order chi connectivity index (χ1) is 11.7. The summed E-state index contributed by atoms with van der Waals surface area (Å²) in [5.41, 5.74) is 0.404. The lowest BCUT2D eigenvalue weighted by Crippen LogP contribution is -2.43. The zero-order valence-electron chi connectivity index (χ0n) is 15.9. The fourth-order valence-corrected chi connectivity index (χ4v) is 2.16. The summed E-state index contributed by atoms with van der Waals surface area (Å²) in [4.78, 5) is 17.9. The molecular formula is C18H29FN4O2. The number of amides is 1. The van der Waals surface area contributed by atoms with Gasteiger partial charge >= 0.3 is 0 Å². The second-order valence-corrected chi connectivity index (χ2v) is 6.80. The van der Waals surface area contributed by atoms with Crippen LogP contribution in [-0.2, 0) is 11.3 Å². The van der Waals surface area contributed by atoms with Crippen LogP contribution in [0.15, 0.2) is 23.2 Å². The number of ether oxygens (including phenoxy) is 1. The van der Waals surface area contributed by atoms with Crippen LogP contribution in [0.2, 0.25) is 0 Å². The van der Waals surface area contributed by atoms with Gasteiger partial charge in [0, 0.05) is 39.1 Å². The minimum absolute atomic E-state index is 0.00588. The third kappa shape index (κ3) is 6.60. The van der Waals surface area contributed by atoms with Crippen LogP contribution < -0.4 is 15.4 Å². The summed E-state index contributed by atoms with van der Waals surface area (Å²) < 4.78 is 18.7. The van der Waals surface area contributed by atoms with Crippen LogP contribution in [0.25, 0.3) is 0 Å². The topological polar surface area (TPSA) is 66.0 Å². The van der Waals surface area contributed by atoms with Crippen molar-refractivity contribution in [1.29, 1.82) is 0 Å². The van der Waals surface area contributed by atoms with Gasteiger partial charge in [-0.3, -0.25) is 9.79 Å². The van der Waals surface area contributed by atoms with E-state index in [4.69, 9.17) is 4.74 Å². The van der Waals surface area contributed by atoms with E-state index >= 15 is 0 Å². The quantitative estimate of drug-likeness (QED) is 0.467. The summed E-state index contributed by atoms with van der Waals surface area (Å²) in [6.45, 7) is 7.16. The Morgan fingerprint density at radius 1 is 1.28 bits per heavy atom. The molecule has 0 aromatic heterocycles. The predicted octanol–water partition coefficient (Wildman–Crippen LogP) is 2.00. The van der Waals surface area contributed by atoms with E-state index < -0.39 is 5.41 Å². The number of carbonyl (C=O) groups is 1. The van der Waals surface area contributed by atoms with Crippen molar-refractivity contribution in [3.8, 4) is 5.75 Å². The highest BCUT2D eigenvalue weighted by Crippen LogP contribution is 2.18. The predicted molar refractivity (Wildman–Crippen MR) is 98.2 cm³/mol. The third-order valence-corrected chi connectivity index (χ3v) is 3.58. The molecule has 6 nitrogen and oxygen atoms in total. The number of rotatable bonds is 6. The Morgan fingerprint density at radius 3 is 2.44 bits per heavy atom. The Balaban J connectivity index is 2.51. The molecule has 0 fully saturated rings. The molecule has 7 heteroatoms. The van der Waals surface area contributed by atoms with Gasteiger partial charge in [-0.2, -0.15) is 0 Å². The van der Waals surface area contributed by atoms with Gasteiger partial charge in [0.1, 0.15) is 0 Å². The van der Waals surface area contributed by atoms with Crippen LogP contribution in [0.4, 0.5) is 4.39 Å². The maximum absolute atomic E-state index is 13.8. The van der Waals surface area contributed by atoms with E-state index in [1.54, 1.807) is 13.1 Å². The van der Waals surface area contributed by atoms with Gasteiger partial charge in [0.05, 0.1) is 7.11 Å². The number of benzene rings is 1. The maximum atomic E-state index is 13.8. The number of guanidine groups is 1. The van der Waals surface area contributed by atoms with Crippen molar-refractivity contribution in [2.75, 3.05) is 34.3 Å². The molecule has 0 spiro atoms. The molecular weight excluding hydrogens is 323 g/mol. The molecule has 0 bridgehead atoms. The standard InChI is InChI=1S/C18H29FN4O2/c1-18(2,3)16(24)21-9-10-22-17(20-4)23(5)12-13-7-8-15(25-6)14(19)11-13/h7-8,11H,9-10,12H2,1-6H3,(H,20,22)(H,21,24). The smallest absolute Gasteiger partial charge is 0.225 e. The summed E-state index contributed by atoms with van der Waals surface area (Å²) in [6.07, 6.45) is 0. The second-order valence-electron chi connectivity index (χ2n) is 6.80. The van der Waals surface area contributed by atoms with Gasteiger partial charge in [-0.15, -0.1) is 0 Å². The number of hydrogen-bond donors (Lipinski definition) is 2. The van der Waals surface area contributed by atoms with Crippen LogP contribution in [0, 0.1) is 11.2 Å². The fourth-order valence-electron chi connectivity index (χ4n) is 2.16. The van der Waals surface area contributed by atoms with Crippen LogP contribution in [-0.4, -0.2) is 51.1 Å². The van der Waals surface area contributed by atoms with E-state index in [0.29, 0.717) is 25.6 Å². The molecule has 1 aromatic rings. The van der Waals surface area contributed by atoms with Crippen molar-refractivity contribution < 1.29 is 13.9 Å². The first-order valence-electron chi connectivity index (χ1n) is 8.21. The Hall–Kier alpha value is -2.31. The highest BCUT2D eigenvalue weighted by molar-refractivity contribution is 5.81. The summed E-state index contributed by atoms with van der Waals surface area (Å²) in [7, 11) is 4.99. The Bertz CT molecular complexity index is 612. The molecule has 0 aliphatic rings. The van der Waals surface area contributed by atoms with Gasteiger partial charge in [0.15, 0.2) is 17.5 Å². The number of hydrogen-bond acceptors (Lipinski definition) is 3. The molecule has 0 atom stereocenters. The van der Waals surface area contributed by atoms with Crippen molar-refractivity contribution in [1.82, 2.24) is 15.5 Å². The lowest BCUT2D eigenvalue weighted by atomic mass is 9.96. The zero-order valence-corrected chi connectivity index (χ0v) is 15.9. The molecule has 0 saturated carbocycles. The first-order valence-corrected chi connectivity index (χ1v) is 8.21. The molecule has 1 amide bonds. The number of nitrogens with zero attached hydrogens (tertiary/aromatic N) is 2. The van der Waals surface area contributed by atoms with Gasteiger partial charge in [-0.1, -0.05) is 26.8 Å². The summed E-state index contributed by atoms with van der Waals surface area (Å²) in [5, 5.41) is 6.05. The minimum atomic E-state index is -0.406. The highest BCUT2D eigenvalue weighted by atomic mass is 19.1. The number of methoxy groups -OCH3 is 1. The van der Waals surface area contributed by atoms with Crippen molar-refractivity contribution in [2.45, 2.75) is 27.3 Å². The average Bonchev–Trinajstić information content (AvgIpc) is 2.53. The molecule has 0 aliphatic heterocycles. The third-order valence-electron chi connectivity index (χ3n) is 3.58. The van der Waals surface area contributed by atoms with Crippen molar-refractivity contribution in [2.24, 2.45) is 10.4 Å². The van der Waals surface area contributed by atoms with Crippen LogP contribution >= 0.6 is 0 Å². The van der Waals surface area contributed by atoms with E-state index in [1.807, 2.05) is 38.8 Å². The molecule has 2 N–H and O–H groups in total. The lowest BCUT2D eigenvalue weighted by Gasteiger charge is -2.23. The molecule has 140 valence electrons. The van der Waals surface area contributed by atoms with Gasteiger partial charge < -0.3 is 20.3 Å². The summed E-state index contributed by atoms with van der Waals surface area (Å²) in [5.74, 6) is 0.511. The molecule has 1 aromatic carbocycles. The fraction of sp³-hybridized carbons (Fsp3) is 0.556. The van der Waals surface area contributed by atoms with E-state index in [9.17, 15) is 9.18 Å². The Morgan fingerprint density at radius 2 is 1.92 bits per heavy atom. The molecule has 0 unspecified atom stereocenters. The van der Waals surface area contributed by atoms with Crippen molar-refractivity contribution >= 4 is 11.9 Å². The average molecular weight is 352 g/mol. The maximum Gasteiger partial charge on any atom is 0.225 e. The van der Waals surface area contributed by atoms with Gasteiger partial charge in [-0.05, 0) is 17.7 Å². The number of aliphatic imine (C=N–C) groups is 1. The second kappa shape index (κ2) is 9.25. The number of nitrogens with one attached hydrogen (secondary N) is 2. The van der Waals surface area contributed by atoms with Crippen molar-refractivity contribution in [3.63, 3.8) is 0 Å². The van der Waals surface area contributed by atoms with E-state index in [-0.39, 0.29) is 17.5 Å². The molecule has 0 saturated heterocycles. The van der Waals surface area contributed by atoms with Gasteiger partial charge in [0.2, 0.25) is 5.91 Å². The summed E-state index contributed by atoms with van der Waals surface area (Å²) >= 11 is 0.